The van der Waals surface area contributed by atoms with Crippen LogP contribution in [-0.4, -0.2) is 23.2 Å². The topological polar surface area (TPSA) is 59.1 Å². The van der Waals surface area contributed by atoms with Gasteiger partial charge in [0.2, 0.25) is 0 Å². The van der Waals surface area contributed by atoms with Gasteiger partial charge in [0.05, 0.1) is 17.3 Å². The molecule has 1 aliphatic rings. The molecule has 0 saturated carbocycles. The van der Waals surface area contributed by atoms with E-state index in [2.05, 4.69) is 16.4 Å². The number of amides is 1. The van der Waals surface area contributed by atoms with Crippen LogP contribution in [0.5, 0.6) is 0 Å². The van der Waals surface area contributed by atoms with Crippen LogP contribution >= 0.6 is 0 Å². The molecule has 1 aromatic heterocycles. The van der Waals surface area contributed by atoms with Crippen molar-refractivity contribution in [2.24, 2.45) is 0 Å². The van der Waals surface area contributed by atoms with Gasteiger partial charge < -0.3 is 10.1 Å². The first-order valence-electron chi connectivity index (χ1n) is 7.16. The van der Waals surface area contributed by atoms with Gasteiger partial charge in [-0.25, -0.2) is 0 Å². The van der Waals surface area contributed by atoms with Gasteiger partial charge in [-0.2, -0.15) is 0 Å². The second kappa shape index (κ2) is 7.58. The van der Waals surface area contributed by atoms with Gasteiger partial charge in [-0.1, -0.05) is 18.6 Å². The van der Waals surface area contributed by atoms with Crippen LogP contribution in [0.4, 0.5) is 0 Å². The molecular weight excluding hydrogens is 252 g/mol. The van der Waals surface area contributed by atoms with Gasteiger partial charge in [0.1, 0.15) is 6.29 Å². The summed E-state index contributed by atoms with van der Waals surface area (Å²) in [6.07, 6.45) is 12.2. The average molecular weight is 272 g/mol. The van der Waals surface area contributed by atoms with Gasteiger partial charge in [0.15, 0.2) is 0 Å². The highest BCUT2D eigenvalue weighted by molar-refractivity contribution is 5.96. The Labute approximate surface area is 119 Å². The molecular formula is C16H20N2O2. The van der Waals surface area contributed by atoms with E-state index >= 15 is 0 Å². The minimum atomic E-state index is -0.465. The molecule has 0 saturated heterocycles. The number of hydrogen-bond donors (Lipinski definition) is 1. The van der Waals surface area contributed by atoms with E-state index in [1.807, 2.05) is 6.08 Å². The number of pyridine rings is 1. The quantitative estimate of drug-likeness (QED) is 0.631. The molecule has 1 N–H and O–H groups in total. The number of aryl methyl sites for hydroxylation is 1. The van der Waals surface area contributed by atoms with Gasteiger partial charge in [0.25, 0.3) is 5.91 Å². The molecule has 2 rings (SSSR count). The van der Waals surface area contributed by atoms with Crippen molar-refractivity contribution < 1.29 is 9.59 Å². The number of hydrogen-bond acceptors (Lipinski definition) is 3. The van der Waals surface area contributed by atoms with Crippen molar-refractivity contribution in [3.63, 3.8) is 0 Å². The van der Waals surface area contributed by atoms with Gasteiger partial charge in [-0.3, -0.25) is 9.78 Å². The van der Waals surface area contributed by atoms with Gasteiger partial charge in [-0.05, 0) is 44.2 Å². The summed E-state index contributed by atoms with van der Waals surface area (Å²) in [6, 6.07) is 3.06. The summed E-state index contributed by atoms with van der Waals surface area (Å²) in [5.41, 5.74) is 1.41. The molecule has 0 radical (unpaired) electrons. The number of aromatic nitrogens is 1. The molecule has 20 heavy (non-hydrogen) atoms. The summed E-state index contributed by atoms with van der Waals surface area (Å²) in [5, 5.41) is 2.76. The Morgan fingerprint density at radius 1 is 1.25 bits per heavy atom. The summed E-state index contributed by atoms with van der Waals surface area (Å²) >= 11 is 0. The molecule has 0 fully saturated rings. The number of carbonyl (C=O) groups excluding carboxylic acids is 2. The number of fused-ring (bicyclic) bond motifs is 1. The van der Waals surface area contributed by atoms with Crippen LogP contribution in [0, 0.1) is 0 Å². The highest BCUT2D eigenvalue weighted by Crippen LogP contribution is 2.12. The Balaban J connectivity index is 2.20. The van der Waals surface area contributed by atoms with E-state index in [1.165, 1.54) is 0 Å². The van der Waals surface area contributed by atoms with E-state index in [1.54, 1.807) is 18.3 Å². The number of aldehydes is 1. The maximum absolute atomic E-state index is 12.2. The highest BCUT2D eigenvalue weighted by Gasteiger charge is 2.15. The molecule has 1 atom stereocenters. The predicted molar refractivity (Wildman–Crippen MR) is 77.5 cm³/mol. The summed E-state index contributed by atoms with van der Waals surface area (Å²) in [4.78, 5) is 27.6. The standard InChI is InChI=1S/C16H20N2O2/c19-12-13-8-5-3-1-2-4-6-10-15-14(16(20)18-13)9-7-11-17-15/h3,5,7,9,11-13H,1-2,4,6,8,10H2,(H,18,20)/b5-3-. The van der Waals surface area contributed by atoms with E-state index in [-0.39, 0.29) is 5.91 Å². The Morgan fingerprint density at radius 2 is 2.15 bits per heavy atom. The summed E-state index contributed by atoms with van der Waals surface area (Å²) < 4.78 is 0. The molecule has 1 aromatic rings. The molecule has 0 spiro atoms. The van der Waals surface area contributed by atoms with Crippen molar-refractivity contribution in [2.75, 3.05) is 0 Å². The van der Waals surface area contributed by atoms with Crippen molar-refractivity contribution in [1.29, 1.82) is 0 Å². The third-order valence-corrected chi connectivity index (χ3v) is 3.46. The van der Waals surface area contributed by atoms with E-state index in [4.69, 9.17) is 0 Å². The van der Waals surface area contributed by atoms with Crippen LogP contribution in [0.15, 0.2) is 30.5 Å². The molecule has 0 aromatic carbocycles. The number of rotatable bonds is 1. The van der Waals surface area contributed by atoms with Crippen molar-refractivity contribution in [2.45, 2.75) is 44.6 Å². The predicted octanol–water partition coefficient (Wildman–Crippen LogP) is 2.44. The fourth-order valence-electron chi connectivity index (χ4n) is 2.33. The van der Waals surface area contributed by atoms with Crippen molar-refractivity contribution in [1.82, 2.24) is 10.3 Å². The Hall–Kier alpha value is -1.97. The fraction of sp³-hybridized carbons (Fsp3) is 0.438. The van der Waals surface area contributed by atoms with Crippen molar-refractivity contribution in [3.8, 4) is 0 Å². The zero-order chi connectivity index (χ0) is 14.2. The molecule has 4 nitrogen and oxygen atoms in total. The lowest BCUT2D eigenvalue weighted by molar-refractivity contribution is -0.109. The fourth-order valence-corrected chi connectivity index (χ4v) is 2.33. The maximum atomic E-state index is 12.2. The first-order chi connectivity index (χ1) is 9.81. The first-order valence-corrected chi connectivity index (χ1v) is 7.16. The minimum absolute atomic E-state index is 0.210. The Morgan fingerprint density at radius 3 is 3.00 bits per heavy atom. The van der Waals surface area contributed by atoms with E-state index in [0.717, 1.165) is 44.1 Å². The lowest BCUT2D eigenvalue weighted by Gasteiger charge is -2.12. The third kappa shape index (κ3) is 4.02. The van der Waals surface area contributed by atoms with E-state index in [9.17, 15) is 9.59 Å². The smallest absolute Gasteiger partial charge is 0.253 e. The molecule has 1 amide bonds. The van der Waals surface area contributed by atoms with Crippen LogP contribution in [0.2, 0.25) is 0 Å². The lowest BCUT2D eigenvalue weighted by Crippen LogP contribution is -2.36. The summed E-state index contributed by atoms with van der Waals surface area (Å²) in [5.74, 6) is -0.210. The molecule has 1 aliphatic heterocycles. The molecule has 2 heterocycles. The summed E-state index contributed by atoms with van der Waals surface area (Å²) in [7, 11) is 0. The van der Waals surface area contributed by atoms with Crippen molar-refractivity contribution >= 4 is 12.2 Å². The molecule has 1 unspecified atom stereocenters. The van der Waals surface area contributed by atoms with Crippen LogP contribution in [0.25, 0.3) is 0 Å². The second-order valence-corrected chi connectivity index (χ2v) is 5.02. The Kier molecular flexibility index (Phi) is 5.47. The normalized spacial score (nSPS) is 22.4. The van der Waals surface area contributed by atoms with E-state index in [0.29, 0.717) is 12.0 Å². The molecule has 0 aliphatic carbocycles. The first kappa shape index (κ1) is 14.4. The van der Waals surface area contributed by atoms with Gasteiger partial charge >= 0.3 is 0 Å². The van der Waals surface area contributed by atoms with E-state index < -0.39 is 6.04 Å². The lowest BCUT2D eigenvalue weighted by atomic mass is 10.1. The monoisotopic (exact) mass is 272 g/mol. The molecule has 106 valence electrons. The van der Waals surface area contributed by atoms with Crippen LogP contribution in [0.1, 0.15) is 48.2 Å². The van der Waals surface area contributed by atoms with Crippen LogP contribution in [-0.2, 0) is 11.2 Å². The molecule has 0 bridgehead atoms. The average Bonchev–Trinajstić information content (AvgIpc) is 2.49. The zero-order valence-electron chi connectivity index (χ0n) is 11.5. The largest absolute Gasteiger partial charge is 0.342 e. The van der Waals surface area contributed by atoms with Gasteiger partial charge in [-0.15, -0.1) is 0 Å². The summed E-state index contributed by atoms with van der Waals surface area (Å²) in [6.45, 7) is 0. The Bertz CT molecular complexity index is 497. The van der Waals surface area contributed by atoms with Crippen molar-refractivity contribution in [3.05, 3.63) is 41.7 Å². The highest BCUT2D eigenvalue weighted by atomic mass is 16.2. The van der Waals surface area contributed by atoms with Crippen LogP contribution < -0.4 is 5.32 Å². The maximum Gasteiger partial charge on any atom is 0.253 e. The SMILES string of the molecule is O=CC1C/C=C\CCCCCc2ncccc2C(=O)N1. The number of carbonyl (C=O) groups is 2. The second-order valence-electron chi connectivity index (χ2n) is 5.02. The number of nitrogens with one attached hydrogen (secondary N) is 1. The number of nitrogens with zero attached hydrogens (tertiary/aromatic N) is 1. The number of allylic oxidation sites excluding steroid dienone is 1. The van der Waals surface area contributed by atoms with Gasteiger partial charge in [0, 0.05) is 6.20 Å². The third-order valence-electron chi connectivity index (χ3n) is 3.46. The molecule has 4 heteroatoms. The van der Waals surface area contributed by atoms with Crippen LogP contribution in [0.3, 0.4) is 0 Å². The minimum Gasteiger partial charge on any atom is -0.342 e. The zero-order valence-corrected chi connectivity index (χ0v) is 11.5.